The molecule has 74 valence electrons. The molecule has 0 aliphatic carbocycles. The van der Waals surface area contributed by atoms with Crippen LogP contribution in [-0.4, -0.2) is 30.3 Å². The highest BCUT2D eigenvalue weighted by Crippen LogP contribution is 2.30. The number of aliphatic hydroxyl groups excluding tert-OH is 1. The van der Waals surface area contributed by atoms with Crippen LogP contribution in [0.1, 0.15) is 20.3 Å². The fourth-order valence-electron chi connectivity index (χ4n) is 1.26. The first-order valence-corrected chi connectivity index (χ1v) is 5.82. The van der Waals surface area contributed by atoms with Crippen LogP contribution in [0.2, 0.25) is 0 Å². The fourth-order valence-corrected chi connectivity index (χ4v) is 1.87. The van der Waals surface area contributed by atoms with Crippen molar-refractivity contribution in [3.63, 3.8) is 0 Å². The van der Waals surface area contributed by atoms with Crippen molar-refractivity contribution in [2.24, 2.45) is 17.1 Å². The Labute approximate surface area is 79.9 Å². The van der Waals surface area contributed by atoms with Gasteiger partial charge in [-0.1, -0.05) is 13.8 Å². The summed E-state index contributed by atoms with van der Waals surface area (Å²) in [7, 11) is 0. The molecule has 0 spiro atoms. The molecule has 0 saturated heterocycles. The van der Waals surface area contributed by atoms with Crippen molar-refractivity contribution in [3.8, 4) is 0 Å². The third-order valence-electron chi connectivity index (χ3n) is 2.75. The summed E-state index contributed by atoms with van der Waals surface area (Å²) in [5.41, 5.74) is 5.64. The summed E-state index contributed by atoms with van der Waals surface area (Å²) >= 11 is 1.81. The minimum atomic E-state index is -0.0526. The number of thioether (sulfide) groups is 1. The third kappa shape index (κ3) is 2.96. The Morgan fingerprint density at radius 2 is 2.08 bits per heavy atom. The lowest BCUT2D eigenvalue weighted by molar-refractivity contribution is 0.0814. The summed E-state index contributed by atoms with van der Waals surface area (Å²) in [6.45, 7) is 5.05. The molecule has 0 saturated carbocycles. The Balaban J connectivity index is 4.15. The number of rotatable bonds is 6. The number of hydrogen-bond acceptors (Lipinski definition) is 3. The standard InChI is InChI=1S/C9H21NOS/c1-8(2)9(6-10,7-11)4-5-12-3/h8,11H,4-7,10H2,1-3H3. The predicted octanol–water partition coefficient (Wildman–Crippen LogP) is 1.33. The number of hydrogen-bond donors (Lipinski definition) is 2. The molecule has 1 atom stereocenters. The van der Waals surface area contributed by atoms with E-state index in [-0.39, 0.29) is 12.0 Å². The van der Waals surface area contributed by atoms with Crippen molar-refractivity contribution in [1.82, 2.24) is 0 Å². The van der Waals surface area contributed by atoms with Gasteiger partial charge in [0.05, 0.1) is 6.61 Å². The van der Waals surface area contributed by atoms with E-state index in [4.69, 9.17) is 5.73 Å². The van der Waals surface area contributed by atoms with E-state index in [2.05, 4.69) is 20.1 Å². The molecule has 0 radical (unpaired) electrons. The minimum Gasteiger partial charge on any atom is -0.396 e. The van der Waals surface area contributed by atoms with Crippen LogP contribution in [-0.2, 0) is 0 Å². The molecular formula is C9H21NOS. The zero-order valence-corrected chi connectivity index (χ0v) is 9.16. The van der Waals surface area contributed by atoms with Crippen LogP contribution in [0.25, 0.3) is 0 Å². The van der Waals surface area contributed by atoms with Gasteiger partial charge >= 0.3 is 0 Å². The molecule has 0 heterocycles. The van der Waals surface area contributed by atoms with Gasteiger partial charge in [0.2, 0.25) is 0 Å². The molecule has 0 bridgehead atoms. The quantitative estimate of drug-likeness (QED) is 0.666. The number of aliphatic hydroxyl groups is 1. The van der Waals surface area contributed by atoms with Crippen molar-refractivity contribution < 1.29 is 5.11 Å². The maximum atomic E-state index is 9.28. The van der Waals surface area contributed by atoms with Crippen molar-refractivity contribution in [2.75, 3.05) is 25.2 Å². The van der Waals surface area contributed by atoms with Gasteiger partial charge in [-0.05, 0) is 24.3 Å². The molecule has 2 nitrogen and oxygen atoms in total. The summed E-state index contributed by atoms with van der Waals surface area (Å²) in [5.74, 6) is 1.54. The normalized spacial score (nSPS) is 16.5. The van der Waals surface area contributed by atoms with E-state index in [9.17, 15) is 5.11 Å². The zero-order chi connectivity index (χ0) is 9.61. The summed E-state index contributed by atoms with van der Waals surface area (Å²) < 4.78 is 0. The largest absolute Gasteiger partial charge is 0.396 e. The van der Waals surface area contributed by atoms with Crippen LogP contribution < -0.4 is 5.73 Å². The lowest BCUT2D eigenvalue weighted by Gasteiger charge is -2.34. The molecule has 0 rings (SSSR count). The van der Waals surface area contributed by atoms with Crippen LogP contribution in [0.5, 0.6) is 0 Å². The highest BCUT2D eigenvalue weighted by atomic mass is 32.2. The zero-order valence-electron chi connectivity index (χ0n) is 8.34. The Morgan fingerprint density at radius 3 is 2.33 bits per heavy atom. The Hall–Kier alpha value is 0.270. The molecule has 0 aliphatic rings. The van der Waals surface area contributed by atoms with Gasteiger partial charge in [-0.2, -0.15) is 11.8 Å². The molecule has 0 aromatic heterocycles. The molecule has 0 aromatic rings. The van der Waals surface area contributed by atoms with Gasteiger partial charge < -0.3 is 10.8 Å². The lowest BCUT2D eigenvalue weighted by Crippen LogP contribution is -2.39. The second-order valence-electron chi connectivity index (χ2n) is 3.62. The molecule has 0 amide bonds. The van der Waals surface area contributed by atoms with Crippen molar-refractivity contribution >= 4 is 11.8 Å². The van der Waals surface area contributed by atoms with Crippen LogP contribution >= 0.6 is 11.8 Å². The molecule has 3 N–H and O–H groups in total. The number of nitrogens with two attached hydrogens (primary N) is 1. The van der Waals surface area contributed by atoms with Gasteiger partial charge in [-0.25, -0.2) is 0 Å². The summed E-state index contributed by atoms with van der Waals surface area (Å²) in [4.78, 5) is 0. The molecule has 12 heavy (non-hydrogen) atoms. The van der Waals surface area contributed by atoms with Crippen LogP contribution in [0.3, 0.4) is 0 Å². The van der Waals surface area contributed by atoms with E-state index in [0.717, 1.165) is 12.2 Å². The molecular weight excluding hydrogens is 170 g/mol. The van der Waals surface area contributed by atoms with Crippen LogP contribution in [0.4, 0.5) is 0 Å². The Kier molecular flexibility index (Phi) is 5.97. The lowest BCUT2D eigenvalue weighted by atomic mass is 9.76. The average Bonchev–Trinajstić information content (AvgIpc) is 2.07. The highest BCUT2D eigenvalue weighted by molar-refractivity contribution is 7.98. The van der Waals surface area contributed by atoms with E-state index >= 15 is 0 Å². The maximum Gasteiger partial charge on any atom is 0.0502 e. The monoisotopic (exact) mass is 191 g/mol. The first kappa shape index (κ1) is 12.3. The first-order chi connectivity index (χ1) is 5.63. The molecule has 3 heteroatoms. The average molecular weight is 191 g/mol. The first-order valence-electron chi connectivity index (χ1n) is 4.43. The fraction of sp³-hybridized carbons (Fsp3) is 1.00. The van der Waals surface area contributed by atoms with Gasteiger partial charge in [-0.15, -0.1) is 0 Å². The van der Waals surface area contributed by atoms with Crippen molar-refractivity contribution in [3.05, 3.63) is 0 Å². The van der Waals surface area contributed by atoms with Gasteiger partial charge in [0.25, 0.3) is 0 Å². The Bertz CT molecular complexity index is 113. The molecule has 0 aliphatic heterocycles. The van der Waals surface area contributed by atoms with E-state index in [1.807, 2.05) is 11.8 Å². The maximum absolute atomic E-state index is 9.28. The Morgan fingerprint density at radius 1 is 1.50 bits per heavy atom. The molecule has 1 unspecified atom stereocenters. The highest BCUT2D eigenvalue weighted by Gasteiger charge is 2.30. The third-order valence-corrected chi connectivity index (χ3v) is 3.36. The summed E-state index contributed by atoms with van der Waals surface area (Å²) in [6, 6.07) is 0. The van der Waals surface area contributed by atoms with E-state index < -0.39 is 0 Å². The van der Waals surface area contributed by atoms with Gasteiger partial charge in [0.15, 0.2) is 0 Å². The van der Waals surface area contributed by atoms with E-state index in [0.29, 0.717) is 12.5 Å². The van der Waals surface area contributed by atoms with E-state index in [1.54, 1.807) is 0 Å². The second-order valence-corrected chi connectivity index (χ2v) is 4.61. The summed E-state index contributed by atoms with van der Waals surface area (Å²) in [6.07, 6.45) is 3.10. The van der Waals surface area contributed by atoms with Crippen molar-refractivity contribution in [1.29, 1.82) is 0 Å². The minimum absolute atomic E-state index is 0.0526. The van der Waals surface area contributed by atoms with Gasteiger partial charge in [0.1, 0.15) is 0 Å². The van der Waals surface area contributed by atoms with Gasteiger partial charge in [-0.3, -0.25) is 0 Å². The van der Waals surface area contributed by atoms with E-state index in [1.165, 1.54) is 0 Å². The van der Waals surface area contributed by atoms with Gasteiger partial charge in [0, 0.05) is 12.0 Å². The second kappa shape index (κ2) is 5.84. The molecule has 0 aromatic carbocycles. The van der Waals surface area contributed by atoms with Crippen LogP contribution in [0.15, 0.2) is 0 Å². The SMILES string of the molecule is CSCCC(CN)(CO)C(C)C. The molecule has 0 fully saturated rings. The van der Waals surface area contributed by atoms with Crippen molar-refractivity contribution in [2.45, 2.75) is 20.3 Å². The smallest absolute Gasteiger partial charge is 0.0502 e. The predicted molar refractivity (Wildman–Crippen MR) is 56.4 cm³/mol. The topological polar surface area (TPSA) is 46.2 Å². The van der Waals surface area contributed by atoms with Crippen LogP contribution in [0, 0.1) is 11.3 Å². The summed E-state index contributed by atoms with van der Waals surface area (Å²) in [5, 5.41) is 9.28.